The maximum Gasteiger partial charge on any atom is 0.0346 e. The number of benzene rings is 1. The number of aryl methyl sites for hydroxylation is 1. The average molecular weight is 199 g/mol. The molecule has 0 amide bonds. The number of rotatable bonds is 2. The van der Waals surface area contributed by atoms with E-state index in [4.69, 9.17) is 0 Å². The number of nitrogens with zero attached hydrogens (tertiary/aromatic N) is 1. The summed E-state index contributed by atoms with van der Waals surface area (Å²) in [6.45, 7) is 6.63. The number of hydrogen-bond donors (Lipinski definition) is 0. The minimum atomic E-state index is 0.535. The third kappa shape index (κ3) is 1.87. The summed E-state index contributed by atoms with van der Waals surface area (Å²) in [4.78, 5) is 4.29. The molecule has 0 N–H and O–H groups in total. The van der Waals surface area contributed by atoms with Crippen LogP contribution in [0.15, 0.2) is 30.6 Å². The highest BCUT2D eigenvalue weighted by molar-refractivity contribution is 5.85. The molecule has 1 nitrogen and oxygen atoms in total. The first-order valence-electron chi connectivity index (χ1n) is 5.59. The molecule has 1 aromatic carbocycles. The lowest BCUT2D eigenvalue weighted by atomic mass is 9.97. The molecule has 0 atom stereocenters. The van der Waals surface area contributed by atoms with E-state index in [0.29, 0.717) is 5.92 Å². The monoisotopic (exact) mass is 199 g/mol. The van der Waals surface area contributed by atoms with E-state index in [9.17, 15) is 0 Å². The van der Waals surface area contributed by atoms with Crippen molar-refractivity contribution in [3.8, 4) is 0 Å². The Hall–Kier alpha value is -1.37. The van der Waals surface area contributed by atoms with Gasteiger partial charge in [-0.3, -0.25) is 4.98 Å². The minimum Gasteiger partial charge on any atom is -0.264 e. The van der Waals surface area contributed by atoms with Gasteiger partial charge in [-0.05, 0) is 28.9 Å². The molecule has 0 radical (unpaired) electrons. The number of fused-ring (bicyclic) bond motifs is 1. The molecule has 0 aliphatic rings. The van der Waals surface area contributed by atoms with Gasteiger partial charge >= 0.3 is 0 Å². The van der Waals surface area contributed by atoms with Gasteiger partial charge in [0.25, 0.3) is 0 Å². The maximum absolute atomic E-state index is 4.29. The third-order valence-corrected chi connectivity index (χ3v) is 2.89. The second-order valence-corrected chi connectivity index (χ2v) is 4.29. The Balaban J connectivity index is 2.70. The van der Waals surface area contributed by atoms with Gasteiger partial charge in [0.1, 0.15) is 0 Å². The van der Waals surface area contributed by atoms with Crippen molar-refractivity contribution in [3.05, 3.63) is 41.7 Å². The van der Waals surface area contributed by atoms with E-state index in [1.54, 1.807) is 0 Å². The van der Waals surface area contributed by atoms with Crippen LogP contribution in [0.1, 0.15) is 37.8 Å². The van der Waals surface area contributed by atoms with Gasteiger partial charge in [0, 0.05) is 17.8 Å². The predicted octanol–water partition coefficient (Wildman–Crippen LogP) is 3.92. The van der Waals surface area contributed by atoms with Crippen LogP contribution in [-0.2, 0) is 6.42 Å². The van der Waals surface area contributed by atoms with E-state index in [-0.39, 0.29) is 0 Å². The van der Waals surface area contributed by atoms with Crippen molar-refractivity contribution in [1.82, 2.24) is 4.98 Å². The highest BCUT2D eigenvalue weighted by Crippen LogP contribution is 2.25. The van der Waals surface area contributed by atoms with Crippen molar-refractivity contribution < 1.29 is 0 Å². The van der Waals surface area contributed by atoms with E-state index in [2.05, 4.69) is 44.0 Å². The number of pyridine rings is 1. The zero-order chi connectivity index (χ0) is 10.8. The summed E-state index contributed by atoms with van der Waals surface area (Å²) in [6, 6.07) is 6.66. The average Bonchev–Trinajstić information content (AvgIpc) is 2.27. The SMILES string of the molecule is CCc1ccc2cncc(C(C)C)c2c1. The molecule has 1 heteroatoms. The van der Waals surface area contributed by atoms with E-state index >= 15 is 0 Å². The summed E-state index contributed by atoms with van der Waals surface area (Å²) in [7, 11) is 0. The summed E-state index contributed by atoms with van der Waals surface area (Å²) in [5.41, 5.74) is 2.75. The van der Waals surface area contributed by atoms with Crippen molar-refractivity contribution in [2.75, 3.05) is 0 Å². The highest BCUT2D eigenvalue weighted by atomic mass is 14.6. The topological polar surface area (TPSA) is 12.9 Å². The summed E-state index contributed by atoms with van der Waals surface area (Å²) >= 11 is 0. The maximum atomic E-state index is 4.29. The fourth-order valence-corrected chi connectivity index (χ4v) is 1.91. The molecule has 1 heterocycles. The molecule has 0 unspecified atom stereocenters. The van der Waals surface area contributed by atoms with Crippen LogP contribution < -0.4 is 0 Å². The number of aromatic nitrogens is 1. The molecule has 0 fully saturated rings. The number of hydrogen-bond acceptors (Lipinski definition) is 1. The lowest BCUT2D eigenvalue weighted by Crippen LogP contribution is -1.92. The summed E-state index contributed by atoms with van der Waals surface area (Å²) in [5, 5.41) is 2.61. The van der Waals surface area contributed by atoms with Gasteiger partial charge in [-0.25, -0.2) is 0 Å². The Bertz CT molecular complexity index is 472. The van der Waals surface area contributed by atoms with Crippen molar-refractivity contribution in [3.63, 3.8) is 0 Å². The minimum absolute atomic E-state index is 0.535. The molecular formula is C14H17N. The summed E-state index contributed by atoms with van der Waals surface area (Å²) in [6.07, 6.45) is 5.03. The van der Waals surface area contributed by atoms with Crippen molar-refractivity contribution in [1.29, 1.82) is 0 Å². The Morgan fingerprint density at radius 2 is 2.00 bits per heavy atom. The van der Waals surface area contributed by atoms with Crippen LogP contribution in [0.5, 0.6) is 0 Å². The van der Waals surface area contributed by atoms with Gasteiger partial charge in [0.2, 0.25) is 0 Å². The van der Waals surface area contributed by atoms with Crippen LogP contribution in [0.3, 0.4) is 0 Å². The Morgan fingerprint density at radius 1 is 1.20 bits per heavy atom. The zero-order valence-corrected chi connectivity index (χ0v) is 9.62. The lowest BCUT2D eigenvalue weighted by Gasteiger charge is -2.10. The van der Waals surface area contributed by atoms with Crippen molar-refractivity contribution in [2.45, 2.75) is 33.1 Å². The molecule has 0 spiro atoms. The first-order valence-corrected chi connectivity index (χ1v) is 5.59. The van der Waals surface area contributed by atoms with Crippen LogP contribution in [-0.4, -0.2) is 4.98 Å². The second-order valence-electron chi connectivity index (χ2n) is 4.29. The quantitative estimate of drug-likeness (QED) is 0.714. The molecular weight excluding hydrogens is 182 g/mol. The lowest BCUT2D eigenvalue weighted by molar-refractivity contribution is 0.868. The first-order chi connectivity index (χ1) is 7.22. The van der Waals surface area contributed by atoms with E-state index in [1.807, 2.05) is 12.4 Å². The van der Waals surface area contributed by atoms with Gasteiger partial charge in [-0.2, -0.15) is 0 Å². The predicted molar refractivity (Wildman–Crippen MR) is 65.2 cm³/mol. The second kappa shape index (κ2) is 4.01. The smallest absolute Gasteiger partial charge is 0.0346 e. The van der Waals surface area contributed by atoms with E-state index in [1.165, 1.54) is 21.9 Å². The molecule has 2 rings (SSSR count). The van der Waals surface area contributed by atoms with Gasteiger partial charge in [-0.15, -0.1) is 0 Å². The molecule has 0 bridgehead atoms. The fraction of sp³-hybridized carbons (Fsp3) is 0.357. The van der Waals surface area contributed by atoms with Crippen molar-refractivity contribution in [2.24, 2.45) is 0 Å². The van der Waals surface area contributed by atoms with Crippen LogP contribution >= 0.6 is 0 Å². The Morgan fingerprint density at radius 3 is 2.67 bits per heavy atom. The molecule has 2 aromatic rings. The summed E-state index contributed by atoms with van der Waals surface area (Å²) in [5.74, 6) is 0.535. The zero-order valence-electron chi connectivity index (χ0n) is 9.62. The third-order valence-electron chi connectivity index (χ3n) is 2.89. The van der Waals surface area contributed by atoms with E-state index in [0.717, 1.165) is 6.42 Å². The van der Waals surface area contributed by atoms with Crippen LogP contribution in [0.25, 0.3) is 10.8 Å². The highest BCUT2D eigenvalue weighted by Gasteiger charge is 2.05. The largest absolute Gasteiger partial charge is 0.264 e. The summed E-state index contributed by atoms with van der Waals surface area (Å²) < 4.78 is 0. The molecule has 1 aromatic heterocycles. The molecule has 78 valence electrons. The van der Waals surface area contributed by atoms with Crippen LogP contribution in [0, 0.1) is 0 Å². The van der Waals surface area contributed by atoms with Gasteiger partial charge in [0.15, 0.2) is 0 Å². The molecule has 0 aliphatic carbocycles. The Kier molecular flexibility index (Phi) is 2.72. The molecule has 0 saturated heterocycles. The van der Waals surface area contributed by atoms with Crippen LogP contribution in [0.4, 0.5) is 0 Å². The first kappa shape index (κ1) is 10.2. The van der Waals surface area contributed by atoms with Crippen LogP contribution in [0.2, 0.25) is 0 Å². The van der Waals surface area contributed by atoms with Gasteiger partial charge in [0.05, 0.1) is 0 Å². The van der Waals surface area contributed by atoms with Gasteiger partial charge < -0.3 is 0 Å². The standard InChI is InChI=1S/C14H17N/c1-4-11-5-6-12-8-15-9-14(10(2)3)13(12)7-11/h5-10H,4H2,1-3H3. The van der Waals surface area contributed by atoms with E-state index < -0.39 is 0 Å². The normalized spacial score (nSPS) is 11.2. The Labute approximate surface area is 91.2 Å². The molecule has 0 saturated carbocycles. The molecule has 15 heavy (non-hydrogen) atoms. The van der Waals surface area contributed by atoms with Gasteiger partial charge in [-0.1, -0.05) is 39.0 Å². The van der Waals surface area contributed by atoms with Crippen molar-refractivity contribution >= 4 is 10.8 Å². The molecule has 0 aliphatic heterocycles. The fourth-order valence-electron chi connectivity index (χ4n) is 1.91.